The van der Waals surface area contributed by atoms with E-state index < -0.39 is 6.10 Å². The van der Waals surface area contributed by atoms with E-state index in [9.17, 15) is 14.7 Å². The van der Waals surface area contributed by atoms with Crippen LogP contribution in [0.1, 0.15) is 65.7 Å². The monoisotopic (exact) mass is 390 g/mol. The summed E-state index contributed by atoms with van der Waals surface area (Å²) in [6.45, 7) is 6.14. The smallest absolute Gasteiger partial charge is 0.308 e. The summed E-state index contributed by atoms with van der Waals surface area (Å²) < 4.78 is 11.4. The Balaban J connectivity index is 1.70. The second kappa shape index (κ2) is 9.25. The highest BCUT2D eigenvalue weighted by Crippen LogP contribution is 2.44. The van der Waals surface area contributed by atoms with Gasteiger partial charge in [-0.3, -0.25) is 9.59 Å². The lowest BCUT2D eigenvalue weighted by atomic mass is 9.66. The fraction of sp³-hybridized carbons (Fsp3) is 0.739. The molecule has 5 nitrogen and oxygen atoms in total. The maximum absolute atomic E-state index is 12.4. The Bertz CT molecular complexity index is 637. The first kappa shape index (κ1) is 21.1. The second-order valence-electron chi connectivity index (χ2n) is 8.76. The number of aliphatic hydroxyl groups excluding tert-OH is 1. The third-order valence-corrected chi connectivity index (χ3v) is 6.69. The number of fused-ring (bicyclic) bond motifs is 1. The van der Waals surface area contributed by atoms with Gasteiger partial charge in [-0.1, -0.05) is 39.0 Å². The van der Waals surface area contributed by atoms with Crippen molar-refractivity contribution in [1.82, 2.24) is 0 Å². The summed E-state index contributed by atoms with van der Waals surface area (Å²) in [6, 6.07) is 0. The van der Waals surface area contributed by atoms with Crippen LogP contribution in [0.3, 0.4) is 0 Å². The van der Waals surface area contributed by atoms with Gasteiger partial charge < -0.3 is 14.6 Å². The number of carbonyl (C=O) groups is 2. The van der Waals surface area contributed by atoms with Crippen LogP contribution in [0.2, 0.25) is 0 Å². The predicted octanol–water partition coefficient (Wildman–Crippen LogP) is 3.95. The van der Waals surface area contributed by atoms with Crippen LogP contribution >= 0.6 is 0 Å². The first-order chi connectivity index (χ1) is 13.4. The van der Waals surface area contributed by atoms with Crippen molar-refractivity contribution >= 4 is 11.9 Å². The van der Waals surface area contributed by atoms with Crippen LogP contribution in [-0.4, -0.2) is 35.4 Å². The van der Waals surface area contributed by atoms with E-state index in [2.05, 4.69) is 25.2 Å². The largest absolute Gasteiger partial charge is 0.462 e. The van der Waals surface area contributed by atoms with Crippen LogP contribution in [0.4, 0.5) is 0 Å². The first-order valence-corrected chi connectivity index (χ1v) is 10.8. The molecule has 7 atom stereocenters. The molecule has 5 heteroatoms. The van der Waals surface area contributed by atoms with Crippen LogP contribution in [0, 0.1) is 23.7 Å². The zero-order chi connectivity index (χ0) is 20.3. The van der Waals surface area contributed by atoms with Gasteiger partial charge in [-0.25, -0.2) is 0 Å². The molecular weight excluding hydrogens is 356 g/mol. The number of allylic oxidation sites excluding steroid dienone is 3. The molecule has 0 amide bonds. The fourth-order valence-corrected chi connectivity index (χ4v) is 4.80. The van der Waals surface area contributed by atoms with E-state index in [1.54, 1.807) is 0 Å². The minimum Gasteiger partial charge on any atom is -0.462 e. The average molecular weight is 391 g/mol. The lowest BCUT2D eigenvalue weighted by Gasteiger charge is -2.42. The number of esters is 2. The molecule has 0 saturated carbocycles. The quantitative estimate of drug-likeness (QED) is 0.695. The Morgan fingerprint density at radius 1 is 1.39 bits per heavy atom. The minimum absolute atomic E-state index is 0.0764. The number of hydrogen-bond acceptors (Lipinski definition) is 5. The van der Waals surface area contributed by atoms with Gasteiger partial charge in [0.15, 0.2) is 0 Å². The van der Waals surface area contributed by atoms with Crippen molar-refractivity contribution in [3.05, 3.63) is 23.8 Å². The molecule has 3 aliphatic rings. The summed E-state index contributed by atoms with van der Waals surface area (Å²) in [7, 11) is 0. The molecule has 0 spiro atoms. The zero-order valence-electron chi connectivity index (χ0n) is 17.3. The number of ether oxygens (including phenoxy) is 2. The fourth-order valence-electron chi connectivity index (χ4n) is 4.80. The van der Waals surface area contributed by atoms with E-state index >= 15 is 0 Å². The average Bonchev–Trinajstić information content (AvgIpc) is 2.66. The molecular formula is C23H34O5. The lowest BCUT2D eigenvalue weighted by Crippen LogP contribution is -2.40. The van der Waals surface area contributed by atoms with Crippen molar-refractivity contribution in [2.45, 2.75) is 84.0 Å². The van der Waals surface area contributed by atoms with Gasteiger partial charge >= 0.3 is 11.9 Å². The molecule has 3 rings (SSSR count). The third-order valence-electron chi connectivity index (χ3n) is 6.69. The molecule has 2 aliphatic carbocycles. The minimum atomic E-state index is -0.593. The summed E-state index contributed by atoms with van der Waals surface area (Å²) in [5.41, 5.74) is 1.27. The molecule has 0 radical (unpaired) electrons. The molecule has 1 fully saturated rings. The van der Waals surface area contributed by atoms with Gasteiger partial charge in [0.05, 0.1) is 18.4 Å². The third kappa shape index (κ3) is 4.86. The van der Waals surface area contributed by atoms with Crippen molar-refractivity contribution in [3.8, 4) is 0 Å². The molecule has 3 unspecified atom stereocenters. The lowest BCUT2D eigenvalue weighted by molar-refractivity contribution is -0.162. The Kier molecular flexibility index (Phi) is 6.97. The van der Waals surface area contributed by atoms with Gasteiger partial charge in [0.25, 0.3) is 0 Å². The van der Waals surface area contributed by atoms with Crippen LogP contribution in [0.5, 0.6) is 0 Å². The van der Waals surface area contributed by atoms with Gasteiger partial charge in [0, 0.05) is 12.3 Å². The number of cyclic esters (lactones) is 1. The predicted molar refractivity (Wildman–Crippen MR) is 106 cm³/mol. The molecule has 0 bridgehead atoms. The van der Waals surface area contributed by atoms with Gasteiger partial charge in [-0.05, 0) is 49.5 Å². The number of carbonyl (C=O) groups excluding carboxylic acids is 2. The Hall–Kier alpha value is -1.62. The van der Waals surface area contributed by atoms with E-state index in [1.165, 1.54) is 5.57 Å². The van der Waals surface area contributed by atoms with Gasteiger partial charge in [-0.15, -0.1) is 0 Å². The molecule has 1 saturated heterocycles. The Morgan fingerprint density at radius 2 is 2.18 bits per heavy atom. The van der Waals surface area contributed by atoms with Crippen LogP contribution < -0.4 is 0 Å². The number of rotatable bonds is 6. The SMILES string of the molecule is CC[C@H](C)C(=O)O[C@H]1CCC=C2C=C[C@H](C)C(CC[C@@H]3CC(O)CC(=O)O3)C21. The second-order valence-corrected chi connectivity index (χ2v) is 8.76. The molecule has 0 aromatic heterocycles. The summed E-state index contributed by atoms with van der Waals surface area (Å²) in [5.74, 6) is 0.426. The van der Waals surface area contributed by atoms with Gasteiger partial charge in [0.1, 0.15) is 12.2 Å². The summed E-state index contributed by atoms with van der Waals surface area (Å²) in [5, 5.41) is 9.86. The van der Waals surface area contributed by atoms with Gasteiger partial charge in [0.2, 0.25) is 0 Å². The summed E-state index contributed by atoms with van der Waals surface area (Å²) in [6.07, 6.45) is 10.6. The maximum Gasteiger partial charge on any atom is 0.308 e. The molecule has 0 aromatic rings. The molecule has 156 valence electrons. The summed E-state index contributed by atoms with van der Waals surface area (Å²) >= 11 is 0. The molecule has 1 aliphatic heterocycles. The van der Waals surface area contributed by atoms with Crippen molar-refractivity contribution in [2.75, 3.05) is 0 Å². The molecule has 0 aromatic carbocycles. The van der Waals surface area contributed by atoms with Crippen molar-refractivity contribution in [2.24, 2.45) is 23.7 Å². The first-order valence-electron chi connectivity index (χ1n) is 10.8. The van der Waals surface area contributed by atoms with Crippen LogP contribution in [-0.2, 0) is 19.1 Å². The van der Waals surface area contributed by atoms with E-state index in [4.69, 9.17) is 9.47 Å². The number of hydrogen-bond donors (Lipinski definition) is 1. The molecule has 1 heterocycles. The Labute approximate surface area is 168 Å². The Morgan fingerprint density at radius 3 is 2.89 bits per heavy atom. The maximum atomic E-state index is 12.4. The molecule has 28 heavy (non-hydrogen) atoms. The normalized spacial score (nSPS) is 36.1. The van der Waals surface area contributed by atoms with Crippen molar-refractivity contribution in [1.29, 1.82) is 0 Å². The number of aliphatic hydroxyl groups is 1. The van der Waals surface area contributed by atoms with Crippen molar-refractivity contribution in [3.63, 3.8) is 0 Å². The van der Waals surface area contributed by atoms with E-state index in [1.807, 2.05) is 13.8 Å². The van der Waals surface area contributed by atoms with Crippen molar-refractivity contribution < 1.29 is 24.2 Å². The highest BCUT2D eigenvalue weighted by molar-refractivity contribution is 5.72. The van der Waals surface area contributed by atoms with Crippen LogP contribution in [0.25, 0.3) is 0 Å². The summed E-state index contributed by atoms with van der Waals surface area (Å²) in [4.78, 5) is 24.1. The molecule has 1 N–H and O–H groups in total. The van der Waals surface area contributed by atoms with Crippen LogP contribution in [0.15, 0.2) is 23.8 Å². The standard InChI is InChI=1S/C23H34O5/c1-4-14(2)23(26)28-20-7-5-6-16-9-8-15(3)19(22(16)20)11-10-18-12-17(24)13-21(25)27-18/h6,8-9,14-15,17-20,22,24H,4-5,7,10-13H2,1-3H3/t14-,15-,17?,18+,19?,20-,22?/m0/s1. The van der Waals surface area contributed by atoms with E-state index in [0.29, 0.717) is 18.3 Å². The van der Waals surface area contributed by atoms with E-state index in [0.717, 1.165) is 32.1 Å². The highest BCUT2D eigenvalue weighted by Gasteiger charge is 2.40. The van der Waals surface area contributed by atoms with Gasteiger partial charge in [-0.2, -0.15) is 0 Å². The highest BCUT2D eigenvalue weighted by atomic mass is 16.5. The van der Waals surface area contributed by atoms with E-state index in [-0.39, 0.29) is 42.4 Å². The topological polar surface area (TPSA) is 72.8 Å². The zero-order valence-corrected chi connectivity index (χ0v) is 17.3.